The van der Waals surface area contributed by atoms with Gasteiger partial charge in [-0.2, -0.15) is 5.26 Å². The molecule has 19 heavy (non-hydrogen) atoms. The van der Waals surface area contributed by atoms with Crippen LogP contribution in [0.3, 0.4) is 0 Å². The normalized spacial score (nSPS) is 29.8. The van der Waals surface area contributed by atoms with E-state index in [1.807, 2.05) is 0 Å². The molecule has 0 N–H and O–H groups in total. The van der Waals surface area contributed by atoms with Crippen molar-refractivity contribution in [1.82, 2.24) is 0 Å². The lowest BCUT2D eigenvalue weighted by atomic mass is 10.0. The molecule has 1 aromatic carbocycles. The van der Waals surface area contributed by atoms with E-state index in [-0.39, 0.29) is 12.5 Å². The van der Waals surface area contributed by atoms with Crippen LogP contribution in [0.25, 0.3) is 0 Å². The number of hydrogen-bond donors (Lipinski definition) is 0. The molecule has 0 bridgehead atoms. The SMILES string of the molecule is COC[C@@]1(C#N)[C@H](c2ccc(Cl)cc2)[C@@H]1S(C)(=O)=O. The molecule has 1 aliphatic rings. The highest BCUT2D eigenvalue weighted by Crippen LogP contribution is 2.62. The van der Waals surface area contributed by atoms with Gasteiger partial charge < -0.3 is 4.74 Å². The fourth-order valence-corrected chi connectivity index (χ4v) is 4.73. The lowest BCUT2D eigenvalue weighted by molar-refractivity contribution is 0.162. The summed E-state index contributed by atoms with van der Waals surface area (Å²) in [5.74, 6) is -0.357. The highest BCUT2D eigenvalue weighted by molar-refractivity contribution is 7.91. The van der Waals surface area contributed by atoms with E-state index in [4.69, 9.17) is 16.3 Å². The highest BCUT2D eigenvalue weighted by Gasteiger charge is 2.71. The Labute approximate surface area is 117 Å². The van der Waals surface area contributed by atoms with Gasteiger partial charge in [0.1, 0.15) is 5.41 Å². The van der Waals surface area contributed by atoms with Crippen LogP contribution in [-0.2, 0) is 14.6 Å². The van der Waals surface area contributed by atoms with Gasteiger partial charge in [-0.1, -0.05) is 23.7 Å². The van der Waals surface area contributed by atoms with E-state index in [0.29, 0.717) is 5.02 Å². The topological polar surface area (TPSA) is 67.2 Å². The Morgan fingerprint density at radius 1 is 1.42 bits per heavy atom. The highest BCUT2D eigenvalue weighted by atomic mass is 35.5. The minimum atomic E-state index is -3.31. The predicted molar refractivity (Wildman–Crippen MR) is 72.7 cm³/mol. The number of methoxy groups -OCH3 is 1. The lowest BCUT2D eigenvalue weighted by Crippen LogP contribution is -2.17. The Morgan fingerprint density at radius 3 is 2.42 bits per heavy atom. The molecular weight excluding hydrogens is 286 g/mol. The molecule has 0 aromatic heterocycles. The summed E-state index contributed by atoms with van der Waals surface area (Å²) in [6.45, 7) is 0.106. The monoisotopic (exact) mass is 299 g/mol. The van der Waals surface area contributed by atoms with Gasteiger partial charge >= 0.3 is 0 Å². The van der Waals surface area contributed by atoms with E-state index in [2.05, 4.69) is 6.07 Å². The molecule has 0 saturated heterocycles. The van der Waals surface area contributed by atoms with Crippen LogP contribution >= 0.6 is 11.6 Å². The van der Waals surface area contributed by atoms with Crippen LogP contribution in [-0.4, -0.2) is 33.6 Å². The van der Waals surface area contributed by atoms with E-state index < -0.39 is 20.5 Å². The zero-order valence-electron chi connectivity index (χ0n) is 10.6. The van der Waals surface area contributed by atoms with Crippen molar-refractivity contribution in [3.8, 4) is 6.07 Å². The maximum absolute atomic E-state index is 11.9. The summed E-state index contributed by atoms with van der Waals surface area (Å²) >= 11 is 5.82. The summed E-state index contributed by atoms with van der Waals surface area (Å²) < 4.78 is 28.8. The number of nitriles is 1. The van der Waals surface area contributed by atoms with Crippen LogP contribution in [0.1, 0.15) is 11.5 Å². The number of rotatable bonds is 4. The number of sulfone groups is 1. The first kappa shape index (κ1) is 14.3. The van der Waals surface area contributed by atoms with Gasteiger partial charge in [0.2, 0.25) is 0 Å². The predicted octanol–water partition coefficient (Wildman–Crippen LogP) is 2.01. The Balaban J connectivity index is 2.44. The maximum Gasteiger partial charge on any atom is 0.152 e. The minimum absolute atomic E-state index is 0.106. The summed E-state index contributed by atoms with van der Waals surface area (Å²) in [5, 5.41) is 9.25. The van der Waals surface area contributed by atoms with Crippen LogP contribution < -0.4 is 0 Å². The van der Waals surface area contributed by atoms with Gasteiger partial charge in [-0.3, -0.25) is 0 Å². The molecule has 0 radical (unpaired) electrons. The fourth-order valence-electron chi connectivity index (χ4n) is 2.75. The molecule has 1 fully saturated rings. The van der Waals surface area contributed by atoms with Gasteiger partial charge in [0, 0.05) is 24.3 Å². The average Bonchev–Trinajstić information content (AvgIpc) is 3.00. The lowest BCUT2D eigenvalue weighted by Gasteiger charge is -2.06. The standard InChI is InChI=1S/C13H14ClNO3S/c1-18-8-13(7-15)11(12(13)19(2,16)17)9-3-5-10(14)6-4-9/h3-6,11-12H,8H2,1-2H3/t11-,12+,13+/m1/s1. The first-order valence-corrected chi connectivity index (χ1v) is 8.04. The molecule has 0 heterocycles. The summed E-state index contributed by atoms with van der Waals surface area (Å²) in [5.41, 5.74) is -0.186. The molecule has 1 saturated carbocycles. The molecule has 1 aliphatic carbocycles. The summed E-state index contributed by atoms with van der Waals surface area (Å²) in [6.07, 6.45) is 1.16. The van der Waals surface area contributed by atoms with Crippen LogP contribution in [0.2, 0.25) is 5.02 Å². The number of ether oxygens (including phenoxy) is 1. The van der Waals surface area contributed by atoms with Crippen molar-refractivity contribution in [2.75, 3.05) is 20.0 Å². The van der Waals surface area contributed by atoms with Gasteiger partial charge in [-0.25, -0.2) is 8.42 Å². The van der Waals surface area contributed by atoms with E-state index in [9.17, 15) is 13.7 Å². The first-order chi connectivity index (χ1) is 8.86. The Morgan fingerprint density at radius 2 is 2.00 bits per heavy atom. The molecule has 3 atom stereocenters. The maximum atomic E-state index is 11.9. The van der Waals surface area contributed by atoms with E-state index in [1.165, 1.54) is 7.11 Å². The smallest absolute Gasteiger partial charge is 0.152 e. The number of hydrogen-bond acceptors (Lipinski definition) is 4. The zero-order valence-corrected chi connectivity index (χ0v) is 12.2. The van der Waals surface area contributed by atoms with Gasteiger partial charge in [-0.05, 0) is 17.7 Å². The Hall–Kier alpha value is -1.09. The number of nitrogens with zero attached hydrogens (tertiary/aromatic N) is 1. The number of halogens is 1. The molecule has 0 spiro atoms. The number of benzene rings is 1. The second kappa shape index (κ2) is 4.78. The van der Waals surface area contributed by atoms with Gasteiger partial charge in [0.05, 0.1) is 17.9 Å². The fraction of sp³-hybridized carbons (Fsp3) is 0.462. The third kappa shape index (κ3) is 2.36. The average molecular weight is 300 g/mol. The summed E-state index contributed by atoms with van der Waals surface area (Å²) in [4.78, 5) is 0. The molecule has 1 aromatic rings. The second-order valence-corrected chi connectivity index (χ2v) is 7.47. The molecular formula is C13H14ClNO3S. The first-order valence-electron chi connectivity index (χ1n) is 5.71. The van der Waals surface area contributed by atoms with Crippen molar-refractivity contribution >= 4 is 21.4 Å². The molecule has 0 amide bonds. The van der Waals surface area contributed by atoms with Crippen molar-refractivity contribution < 1.29 is 13.2 Å². The van der Waals surface area contributed by atoms with Crippen molar-refractivity contribution in [3.63, 3.8) is 0 Å². The summed E-state index contributed by atoms with van der Waals surface area (Å²) in [7, 11) is -1.85. The molecule has 0 unspecified atom stereocenters. The molecule has 6 heteroatoms. The molecule has 0 aliphatic heterocycles. The van der Waals surface area contributed by atoms with Gasteiger partial charge in [-0.15, -0.1) is 0 Å². The van der Waals surface area contributed by atoms with Crippen LogP contribution in [0.5, 0.6) is 0 Å². The summed E-state index contributed by atoms with van der Waals surface area (Å²) in [6, 6.07) is 9.06. The minimum Gasteiger partial charge on any atom is -0.383 e. The Kier molecular flexibility index (Phi) is 3.61. The van der Waals surface area contributed by atoms with E-state index in [0.717, 1.165) is 11.8 Å². The van der Waals surface area contributed by atoms with Crippen LogP contribution in [0.15, 0.2) is 24.3 Å². The molecule has 102 valence electrons. The third-order valence-electron chi connectivity index (χ3n) is 3.54. The van der Waals surface area contributed by atoms with Crippen molar-refractivity contribution in [2.45, 2.75) is 11.2 Å². The molecule has 2 rings (SSSR count). The van der Waals surface area contributed by atoms with Crippen molar-refractivity contribution in [2.24, 2.45) is 5.41 Å². The van der Waals surface area contributed by atoms with E-state index in [1.54, 1.807) is 24.3 Å². The quantitative estimate of drug-likeness (QED) is 0.853. The van der Waals surface area contributed by atoms with Crippen LogP contribution in [0.4, 0.5) is 0 Å². The van der Waals surface area contributed by atoms with Gasteiger partial charge in [0.15, 0.2) is 9.84 Å². The second-order valence-electron chi connectivity index (χ2n) is 4.86. The largest absolute Gasteiger partial charge is 0.383 e. The Bertz CT molecular complexity index is 620. The van der Waals surface area contributed by atoms with Gasteiger partial charge in [0.25, 0.3) is 0 Å². The third-order valence-corrected chi connectivity index (χ3v) is 5.41. The zero-order chi connectivity index (χ0) is 14.3. The molecule has 4 nitrogen and oxygen atoms in total. The van der Waals surface area contributed by atoms with E-state index >= 15 is 0 Å². The van der Waals surface area contributed by atoms with Crippen LogP contribution in [0, 0.1) is 16.7 Å². The van der Waals surface area contributed by atoms with Crippen molar-refractivity contribution in [1.29, 1.82) is 5.26 Å². The van der Waals surface area contributed by atoms with Crippen molar-refractivity contribution in [3.05, 3.63) is 34.9 Å².